The number of fused-ring (bicyclic) bond motifs is 2. The molecule has 1 aliphatic heterocycles. The number of nitrogens with one attached hydrogen (secondary N) is 1. The number of aryl methyl sites for hydroxylation is 2. The van der Waals surface area contributed by atoms with Gasteiger partial charge in [0.15, 0.2) is 0 Å². The van der Waals surface area contributed by atoms with Gasteiger partial charge in [0.25, 0.3) is 5.91 Å². The van der Waals surface area contributed by atoms with E-state index in [9.17, 15) is 18.0 Å². The van der Waals surface area contributed by atoms with Crippen molar-refractivity contribution in [1.29, 1.82) is 0 Å². The minimum atomic E-state index is -4.15. The zero-order valence-electron chi connectivity index (χ0n) is 21.9. The average Bonchev–Trinajstić information content (AvgIpc) is 3.16. The van der Waals surface area contributed by atoms with E-state index in [1.54, 1.807) is 10.7 Å². The van der Waals surface area contributed by atoms with Crippen molar-refractivity contribution in [3.63, 3.8) is 0 Å². The molecular formula is C29H36F3N5O. The number of benzene rings is 1. The smallest absolute Gasteiger partial charge is 0.349 e. The Morgan fingerprint density at radius 3 is 2.66 bits per heavy atom. The number of halogens is 3. The van der Waals surface area contributed by atoms with Crippen LogP contribution >= 0.6 is 0 Å². The molecule has 2 aromatic heterocycles. The van der Waals surface area contributed by atoms with Crippen molar-refractivity contribution in [3.05, 3.63) is 59.0 Å². The Morgan fingerprint density at radius 1 is 1.08 bits per heavy atom. The first-order chi connectivity index (χ1) is 18.2. The number of carbonyl (C=O) groups is 1. The Morgan fingerprint density at radius 2 is 1.87 bits per heavy atom. The quantitative estimate of drug-likeness (QED) is 0.456. The van der Waals surface area contributed by atoms with Crippen molar-refractivity contribution < 1.29 is 18.0 Å². The van der Waals surface area contributed by atoms with Crippen LogP contribution in [-0.2, 0) is 26.3 Å². The lowest BCUT2D eigenvalue weighted by molar-refractivity contribution is -0.134. The molecule has 1 N–H and O–H groups in total. The van der Waals surface area contributed by atoms with Crippen molar-refractivity contribution >= 4 is 16.8 Å². The molecule has 0 spiro atoms. The standard InChI is InChI=1S/C29H36F3N5O/c1-36-19-25-24(3-2-4-27(25)35-36)28(38)34-22-8-5-20(6-9-22)12-16-37-17-13-21-7-10-23(11-15-29(30,31)32)33-26(21)14-18-37/h2-4,7,10,19-20,22H,5-6,8-9,11-18H2,1H3,(H,34,38). The largest absolute Gasteiger partial charge is 0.389 e. The molecule has 6 nitrogen and oxygen atoms in total. The zero-order chi connectivity index (χ0) is 26.7. The summed E-state index contributed by atoms with van der Waals surface area (Å²) < 4.78 is 39.5. The topological polar surface area (TPSA) is 63.1 Å². The summed E-state index contributed by atoms with van der Waals surface area (Å²) in [7, 11) is 1.86. The van der Waals surface area contributed by atoms with Crippen LogP contribution < -0.4 is 5.32 Å². The number of pyridine rings is 1. The summed E-state index contributed by atoms with van der Waals surface area (Å²) >= 11 is 0. The van der Waals surface area contributed by atoms with Crippen molar-refractivity contribution in [1.82, 2.24) is 25.0 Å². The third-order valence-corrected chi connectivity index (χ3v) is 8.10. The summed E-state index contributed by atoms with van der Waals surface area (Å²) in [6.07, 6.45) is 3.90. The van der Waals surface area contributed by atoms with Gasteiger partial charge in [0.05, 0.1) is 11.1 Å². The highest BCUT2D eigenvalue weighted by molar-refractivity contribution is 6.06. The maximum absolute atomic E-state index is 13.0. The minimum Gasteiger partial charge on any atom is -0.349 e. The molecule has 1 saturated carbocycles. The zero-order valence-corrected chi connectivity index (χ0v) is 21.9. The lowest BCUT2D eigenvalue weighted by Gasteiger charge is -2.30. The summed E-state index contributed by atoms with van der Waals surface area (Å²) in [5.41, 5.74) is 4.18. The third kappa shape index (κ3) is 6.73. The first-order valence-corrected chi connectivity index (χ1v) is 13.7. The summed E-state index contributed by atoms with van der Waals surface area (Å²) in [4.78, 5) is 20.0. The molecule has 5 rings (SSSR count). The maximum Gasteiger partial charge on any atom is 0.389 e. The molecule has 3 heterocycles. The molecule has 1 fully saturated rings. The Labute approximate surface area is 221 Å². The molecule has 0 radical (unpaired) electrons. The van der Waals surface area contributed by atoms with Gasteiger partial charge >= 0.3 is 6.18 Å². The number of aromatic nitrogens is 3. The fraction of sp³-hybridized carbons (Fsp3) is 0.552. The van der Waals surface area contributed by atoms with E-state index in [1.807, 2.05) is 37.5 Å². The average molecular weight is 528 g/mol. The first kappa shape index (κ1) is 26.7. The van der Waals surface area contributed by atoms with Crippen LogP contribution in [0, 0.1) is 5.92 Å². The highest BCUT2D eigenvalue weighted by atomic mass is 19.4. The van der Waals surface area contributed by atoms with Gasteiger partial charge in [0.2, 0.25) is 0 Å². The van der Waals surface area contributed by atoms with Gasteiger partial charge in [-0.15, -0.1) is 0 Å². The Kier molecular flexibility index (Phi) is 8.02. The molecule has 0 unspecified atom stereocenters. The van der Waals surface area contributed by atoms with Crippen LogP contribution in [0.1, 0.15) is 65.8 Å². The number of hydrogen-bond acceptors (Lipinski definition) is 4. The highest BCUT2D eigenvalue weighted by Crippen LogP contribution is 2.28. The van der Waals surface area contributed by atoms with E-state index >= 15 is 0 Å². The predicted molar refractivity (Wildman–Crippen MR) is 141 cm³/mol. The van der Waals surface area contributed by atoms with E-state index in [4.69, 9.17) is 0 Å². The first-order valence-electron chi connectivity index (χ1n) is 13.7. The molecule has 1 aliphatic carbocycles. The Bertz CT molecular complexity index is 1260. The monoisotopic (exact) mass is 527 g/mol. The number of rotatable bonds is 7. The summed E-state index contributed by atoms with van der Waals surface area (Å²) in [6.45, 7) is 2.88. The Balaban J connectivity index is 1.06. The van der Waals surface area contributed by atoms with Crippen molar-refractivity contribution in [2.45, 2.75) is 70.0 Å². The molecule has 204 valence electrons. The molecule has 0 atom stereocenters. The fourth-order valence-corrected chi connectivity index (χ4v) is 5.89. The second-order valence-corrected chi connectivity index (χ2v) is 10.9. The number of hydrogen-bond donors (Lipinski definition) is 1. The third-order valence-electron chi connectivity index (χ3n) is 8.10. The van der Waals surface area contributed by atoms with Crippen LogP contribution in [0.2, 0.25) is 0 Å². The lowest BCUT2D eigenvalue weighted by atomic mass is 9.84. The van der Waals surface area contributed by atoms with E-state index in [1.165, 1.54) is 5.56 Å². The SMILES string of the molecule is Cn1cc2c(C(=O)NC3CCC(CCN4CCc5ccc(CCC(F)(F)F)nc5CC4)CC3)cccc2n1. The van der Waals surface area contributed by atoms with Gasteiger partial charge in [-0.25, -0.2) is 0 Å². The summed E-state index contributed by atoms with van der Waals surface area (Å²) in [5, 5.41) is 8.53. The summed E-state index contributed by atoms with van der Waals surface area (Å²) in [5.74, 6) is 0.633. The number of carbonyl (C=O) groups excluding carboxylic acids is 1. The number of nitrogens with zero attached hydrogens (tertiary/aromatic N) is 4. The lowest BCUT2D eigenvalue weighted by Crippen LogP contribution is -2.38. The second-order valence-electron chi connectivity index (χ2n) is 10.9. The van der Waals surface area contributed by atoms with Gasteiger partial charge in [-0.1, -0.05) is 12.1 Å². The molecule has 0 saturated heterocycles. The van der Waals surface area contributed by atoms with Crippen LogP contribution in [0.3, 0.4) is 0 Å². The van der Waals surface area contributed by atoms with Gasteiger partial charge < -0.3 is 10.2 Å². The predicted octanol–water partition coefficient (Wildman–Crippen LogP) is 5.24. The van der Waals surface area contributed by atoms with Gasteiger partial charge in [-0.3, -0.25) is 14.5 Å². The molecule has 0 bridgehead atoms. The number of amides is 1. The molecule has 1 aromatic carbocycles. The van der Waals surface area contributed by atoms with Crippen molar-refractivity contribution in [2.24, 2.45) is 13.0 Å². The van der Waals surface area contributed by atoms with Crippen LogP contribution in [0.15, 0.2) is 36.5 Å². The molecule has 2 aliphatic rings. The van der Waals surface area contributed by atoms with Crippen LogP contribution in [0.5, 0.6) is 0 Å². The van der Waals surface area contributed by atoms with Gasteiger partial charge in [0, 0.05) is 62.0 Å². The highest BCUT2D eigenvalue weighted by Gasteiger charge is 2.27. The maximum atomic E-state index is 13.0. The van der Waals surface area contributed by atoms with Crippen molar-refractivity contribution in [2.75, 3.05) is 19.6 Å². The normalized spacial score (nSPS) is 20.7. The molecular weight excluding hydrogens is 491 g/mol. The van der Waals surface area contributed by atoms with E-state index in [0.29, 0.717) is 17.2 Å². The Hall–Kier alpha value is -2.94. The van der Waals surface area contributed by atoms with Crippen molar-refractivity contribution in [3.8, 4) is 0 Å². The van der Waals surface area contributed by atoms with Gasteiger partial charge in [-0.05, 0) is 81.2 Å². The van der Waals surface area contributed by atoms with E-state index in [0.717, 1.165) is 81.2 Å². The van der Waals surface area contributed by atoms with E-state index in [2.05, 4.69) is 20.3 Å². The fourth-order valence-electron chi connectivity index (χ4n) is 5.89. The van der Waals surface area contributed by atoms with Crippen LogP contribution in [-0.4, -0.2) is 57.4 Å². The number of alkyl halides is 3. The molecule has 1 amide bonds. The van der Waals surface area contributed by atoms with Crippen LogP contribution in [0.25, 0.3) is 10.9 Å². The molecule has 3 aromatic rings. The molecule has 38 heavy (non-hydrogen) atoms. The van der Waals surface area contributed by atoms with E-state index < -0.39 is 12.6 Å². The second kappa shape index (κ2) is 11.4. The van der Waals surface area contributed by atoms with Crippen LogP contribution in [0.4, 0.5) is 13.2 Å². The summed E-state index contributed by atoms with van der Waals surface area (Å²) in [6, 6.07) is 9.61. The van der Waals surface area contributed by atoms with Gasteiger partial charge in [0.1, 0.15) is 0 Å². The minimum absolute atomic E-state index is 0.0219. The molecule has 9 heteroatoms. The van der Waals surface area contributed by atoms with E-state index in [-0.39, 0.29) is 18.4 Å². The van der Waals surface area contributed by atoms with Gasteiger partial charge in [-0.2, -0.15) is 18.3 Å².